The summed E-state index contributed by atoms with van der Waals surface area (Å²) in [6.45, 7) is 8.53. The van der Waals surface area contributed by atoms with Gasteiger partial charge in [-0.2, -0.15) is 0 Å². The monoisotopic (exact) mass is 268 g/mol. The molecule has 0 radical (unpaired) electrons. The maximum absolute atomic E-state index is 9.42. The minimum Gasteiger partial charge on any atom is -0.392 e. The molecular formula is C14H21ClN2O. The number of hydrogen-bond acceptors (Lipinski definition) is 3. The first-order valence-electron chi connectivity index (χ1n) is 6.50. The van der Waals surface area contributed by atoms with E-state index in [1.165, 1.54) is 0 Å². The van der Waals surface area contributed by atoms with Crippen LogP contribution in [0.3, 0.4) is 0 Å². The van der Waals surface area contributed by atoms with Crippen molar-refractivity contribution in [2.45, 2.75) is 26.5 Å². The first kappa shape index (κ1) is 13.7. The number of rotatable bonds is 3. The molecular weight excluding hydrogens is 248 g/mol. The lowest BCUT2D eigenvalue weighted by Crippen LogP contribution is -2.49. The van der Waals surface area contributed by atoms with Crippen molar-refractivity contribution in [3.05, 3.63) is 28.8 Å². The van der Waals surface area contributed by atoms with Gasteiger partial charge in [0.15, 0.2) is 0 Å². The predicted octanol–water partition coefficient (Wildman–Crippen LogP) is 2.36. The molecule has 18 heavy (non-hydrogen) atoms. The van der Waals surface area contributed by atoms with Crippen molar-refractivity contribution < 1.29 is 5.11 Å². The SMILES string of the molecule is CC(C)N1CCN(c2c(Cl)cccc2CO)CC1. The van der Waals surface area contributed by atoms with Gasteiger partial charge >= 0.3 is 0 Å². The number of piperazine rings is 1. The highest BCUT2D eigenvalue weighted by molar-refractivity contribution is 6.33. The van der Waals surface area contributed by atoms with Gasteiger partial charge in [0.25, 0.3) is 0 Å². The summed E-state index contributed by atoms with van der Waals surface area (Å²) in [7, 11) is 0. The molecule has 0 aromatic heterocycles. The summed E-state index contributed by atoms with van der Waals surface area (Å²) < 4.78 is 0. The van der Waals surface area contributed by atoms with Crippen LogP contribution in [0.2, 0.25) is 5.02 Å². The van der Waals surface area contributed by atoms with Gasteiger partial charge in [-0.3, -0.25) is 4.90 Å². The molecule has 0 amide bonds. The molecule has 4 heteroatoms. The second-order valence-corrected chi connectivity index (χ2v) is 5.43. The molecule has 1 aromatic rings. The quantitative estimate of drug-likeness (QED) is 0.912. The minimum atomic E-state index is 0.0420. The van der Waals surface area contributed by atoms with E-state index in [-0.39, 0.29) is 6.61 Å². The van der Waals surface area contributed by atoms with Crippen LogP contribution in [0.15, 0.2) is 18.2 Å². The van der Waals surface area contributed by atoms with E-state index >= 15 is 0 Å². The minimum absolute atomic E-state index is 0.0420. The molecule has 0 spiro atoms. The molecule has 1 heterocycles. The van der Waals surface area contributed by atoms with Gasteiger partial charge in [0, 0.05) is 37.8 Å². The zero-order valence-electron chi connectivity index (χ0n) is 11.1. The van der Waals surface area contributed by atoms with Crippen LogP contribution in [0.4, 0.5) is 5.69 Å². The molecule has 1 fully saturated rings. The zero-order valence-corrected chi connectivity index (χ0v) is 11.8. The van der Waals surface area contributed by atoms with E-state index in [1.807, 2.05) is 18.2 Å². The second kappa shape index (κ2) is 5.91. The number of benzene rings is 1. The van der Waals surface area contributed by atoms with Crippen molar-refractivity contribution in [1.29, 1.82) is 0 Å². The molecule has 0 atom stereocenters. The van der Waals surface area contributed by atoms with Crippen molar-refractivity contribution in [1.82, 2.24) is 4.90 Å². The number of para-hydroxylation sites is 1. The van der Waals surface area contributed by atoms with Crippen LogP contribution < -0.4 is 4.90 Å². The van der Waals surface area contributed by atoms with Crippen LogP contribution in [0, 0.1) is 0 Å². The Kier molecular flexibility index (Phi) is 4.49. The van der Waals surface area contributed by atoms with Crippen LogP contribution in [0.1, 0.15) is 19.4 Å². The Bertz CT molecular complexity index is 401. The second-order valence-electron chi connectivity index (χ2n) is 5.02. The summed E-state index contributed by atoms with van der Waals surface area (Å²) in [6, 6.07) is 6.32. The maximum atomic E-state index is 9.42. The summed E-state index contributed by atoms with van der Waals surface area (Å²) in [6.07, 6.45) is 0. The molecule has 1 aliphatic rings. The molecule has 3 nitrogen and oxygen atoms in total. The number of hydrogen-bond donors (Lipinski definition) is 1. The third-order valence-corrected chi connectivity index (χ3v) is 3.91. The van der Waals surface area contributed by atoms with Crippen LogP contribution in [-0.4, -0.2) is 42.2 Å². The molecule has 0 bridgehead atoms. The van der Waals surface area contributed by atoms with E-state index in [2.05, 4.69) is 23.6 Å². The smallest absolute Gasteiger partial charge is 0.0702 e. The summed E-state index contributed by atoms with van der Waals surface area (Å²) >= 11 is 6.27. The average molecular weight is 269 g/mol. The average Bonchev–Trinajstić information content (AvgIpc) is 2.38. The van der Waals surface area contributed by atoms with Crippen LogP contribution >= 0.6 is 11.6 Å². The molecule has 2 rings (SSSR count). The van der Waals surface area contributed by atoms with Crippen LogP contribution in [0.5, 0.6) is 0 Å². The summed E-state index contributed by atoms with van der Waals surface area (Å²) in [5, 5.41) is 10.2. The van der Waals surface area contributed by atoms with Gasteiger partial charge in [0.1, 0.15) is 0 Å². The van der Waals surface area contributed by atoms with Gasteiger partial charge in [-0.05, 0) is 19.9 Å². The fourth-order valence-corrected chi connectivity index (χ4v) is 2.82. The Morgan fingerprint density at radius 2 is 1.89 bits per heavy atom. The number of aliphatic hydroxyl groups is 1. The van der Waals surface area contributed by atoms with Gasteiger partial charge in [-0.25, -0.2) is 0 Å². The van der Waals surface area contributed by atoms with E-state index in [0.29, 0.717) is 6.04 Å². The molecule has 1 aliphatic heterocycles. The van der Waals surface area contributed by atoms with Crippen LogP contribution in [0.25, 0.3) is 0 Å². The standard InChI is InChI=1S/C14H21ClN2O/c1-11(2)16-6-8-17(9-7-16)14-12(10-18)4-3-5-13(14)15/h3-5,11,18H,6-10H2,1-2H3. The molecule has 1 N–H and O–H groups in total. The molecule has 0 saturated carbocycles. The van der Waals surface area contributed by atoms with E-state index in [0.717, 1.165) is 42.5 Å². The van der Waals surface area contributed by atoms with Crippen LogP contribution in [-0.2, 0) is 6.61 Å². The lowest BCUT2D eigenvalue weighted by Gasteiger charge is -2.39. The van der Waals surface area contributed by atoms with Gasteiger partial charge < -0.3 is 10.0 Å². The summed E-state index contributed by atoms with van der Waals surface area (Å²) in [5.41, 5.74) is 1.92. The van der Waals surface area contributed by atoms with Gasteiger partial charge in [-0.1, -0.05) is 23.7 Å². The number of aliphatic hydroxyl groups excluding tert-OH is 1. The zero-order chi connectivity index (χ0) is 13.1. The molecule has 0 aliphatic carbocycles. The predicted molar refractivity (Wildman–Crippen MR) is 76.3 cm³/mol. The topological polar surface area (TPSA) is 26.7 Å². The van der Waals surface area contributed by atoms with Crippen molar-refractivity contribution in [2.75, 3.05) is 31.1 Å². The number of nitrogens with zero attached hydrogens (tertiary/aromatic N) is 2. The van der Waals surface area contributed by atoms with Crippen molar-refractivity contribution in [3.63, 3.8) is 0 Å². The van der Waals surface area contributed by atoms with E-state index < -0.39 is 0 Å². The Labute approximate surface area is 114 Å². The maximum Gasteiger partial charge on any atom is 0.0702 e. The highest BCUT2D eigenvalue weighted by atomic mass is 35.5. The first-order valence-corrected chi connectivity index (χ1v) is 6.88. The van der Waals surface area contributed by atoms with E-state index in [1.54, 1.807) is 0 Å². The van der Waals surface area contributed by atoms with E-state index in [4.69, 9.17) is 11.6 Å². The molecule has 1 saturated heterocycles. The lowest BCUT2D eigenvalue weighted by molar-refractivity contribution is 0.209. The fourth-order valence-electron chi connectivity index (χ4n) is 2.50. The number of anilines is 1. The van der Waals surface area contributed by atoms with E-state index in [9.17, 15) is 5.11 Å². The van der Waals surface area contributed by atoms with Gasteiger partial charge in [0.2, 0.25) is 0 Å². The third kappa shape index (κ3) is 2.79. The van der Waals surface area contributed by atoms with Crippen molar-refractivity contribution in [2.24, 2.45) is 0 Å². The Morgan fingerprint density at radius 1 is 1.22 bits per heavy atom. The number of halogens is 1. The molecule has 0 unspecified atom stereocenters. The highest BCUT2D eigenvalue weighted by Gasteiger charge is 2.22. The fraction of sp³-hybridized carbons (Fsp3) is 0.571. The normalized spacial score (nSPS) is 17.5. The Hall–Kier alpha value is -0.770. The van der Waals surface area contributed by atoms with Crippen molar-refractivity contribution >= 4 is 17.3 Å². The van der Waals surface area contributed by atoms with Gasteiger partial charge in [0.05, 0.1) is 17.3 Å². The largest absolute Gasteiger partial charge is 0.392 e. The highest BCUT2D eigenvalue weighted by Crippen LogP contribution is 2.30. The molecule has 100 valence electrons. The van der Waals surface area contributed by atoms with Crippen molar-refractivity contribution in [3.8, 4) is 0 Å². The Morgan fingerprint density at radius 3 is 2.44 bits per heavy atom. The van der Waals surface area contributed by atoms with Gasteiger partial charge in [-0.15, -0.1) is 0 Å². The first-order chi connectivity index (χ1) is 8.63. The summed E-state index contributed by atoms with van der Waals surface area (Å²) in [4.78, 5) is 4.75. The Balaban J connectivity index is 2.14. The molecule has 1 aromatic carbocycles. The lowest BCUT2D eigenvalue weighted by atomic mass is 10.1. The summed E-state index contributed by atoms with van der Waals surface area (Å²) in [5.74, 6) is 0. The third-order valence-electron chi connectivity index (χ3n) is 3.60.